The van der Waals surface area contributed by atoms with Crippen molar-refractivity contribution in [3.05, 3.63) is 59.7 Å². The van der Waals surface area contributed by atoms with Gasteiger partial charge >= 0.3 is 6.03 Å². The number of benzene rings is 2. The quantitative estimate of drug-likeness (QED) is 0.852. The predicted molar refractivity (Wildman–Crippen MR) is 107 cm³/mol. The van der Waals surface area contributed by atoms with Crippen LogP contribution in [0.5, 0.6) is 0 Å². The third-order valence-electron chi connectivity index (χ3n) is 5.44. The standard InChI is InChI=1S/C22H25N3O2/c26-21(16-7-3-1-4-8-16)25-14-13-17-15-19(11-12-20(17)25)24-22(27)23-18-9-5-2-6-10-18/h1,3-4,7-8,11-12,15,18H,2,5-6,9-10,13-14H2,(H2,23,24,27). The lowest BCUT2D eigenvalue weighted by Crippen LogP contribution is -2.39. The van der Waals surface area contributed by atoms with Crippen LogP contribution in [0.1, 0.15) is 48.0 Å². The van der Waals surface area contributed by atoms with Gasteiger partial charge in [-0.1, -0.05) is 37.5 Å². The molecule has 0 aromatic heterocycles. The number of anilines is 2. The molecule has 0 unspecified atom stereocenters. The number of nitrogens with zero attached hydrogens (tertiary/aromatic N) is 1. The molecule has 0 radical (unpaired) electrons. The summed E-state index contributed by atoms with van der Waals surface area (Å²) >= 11 is 0. The Labute approximate surface area is 159 Å². The van der Waals surface area contributed by atoms with Crippen LogP contribution in [0.3, 0.4) is 0 Å². The highest BCUT2D eigenvalue weighted by Gasteiger charge is 2.26. The zero-order valence-electron chi connectivity index (χ0n) is 15.4. The van der Waals surface area contributed by atoms with E-state index in [0.717, 1.165) is 36.2 Å². The van der Waals surface area contributed by atoms with Gasteiger partial charge in [-0.25, -0.2) is 4.79 Å². The average Bonchev–Trinajstić information content (AvgIpc) is 3.12. The first kappa shape index (κ1) is 17.6. The highest BCUT2D eigenvalue weighted by molar-refractivity contribution is 6.07. The molecule has 0 atom stereocenters. The summed E-state index contributed by atoms with van der Waals surface area (Å²) < 4.78 is 0. The minimum atomic E-state index is -0.142. The summed E-state index contributed by atoms with van der Waals surface area (Å²) in [6.07, 6.45) is 6.57. The fraction of sp³-hybridized carbons (Fsp3) is 0.364. The second-order valence-electron chi connectivity index (χ2n) is 7.35. The zero-order chi connectivity index (χ0) is 18.6. The second-order valence-corrected chi connectivity index (χ2v) is 7.35. The maximum atomic E-state index is 12.7. The van der Waals surface area contributed by atoms with E-state index in [2.05, 4.69) is 10.6 Å². The summed E-state index contributed by atoms with van der Waals surface area (Å²) in [4.78, 5) is 26.8. The lowest BCUT2D eigenvalue weighted by atomic mass is 9.96. The van der Waals surface area contributed by atoms with Gasteiger partial charge in [0, 0.05) is 29.5 Å². The van der Waals surface area contributed by atoms with Gasteiger partial charge in [0.15, 0.2) is 0 Å². The van der Waals surface area contributed by atoms with E-state index in [9.17, 15) is 9.59 Å². The molecule has 1 aliphatic heterocycles. The minimum absolute atomic E-state index is 0.0186. The van der Waals surface area contributed by atoms with Crippen molar-refractivity contribution in [2.75, 3.05) is 16.8 Å². The van der Waals surface area contributed by atoms with Crippen LogP contribution in [0.15, 0.2) is 48.5 Å². The first-order valence-corrected chi connectivity index (χ1v) is 9.78. The first-order chi connectivity index (χ1) is 13.2. The largest absolute Gasteiger partial charge is 0.335 e. The number of nitrogens with one attached hydrogen (secondary N) is 2. The molecule has 2 aliphatic rings. The number of fused-ring (bicyclic) bond motifs is 1. The molecule has 140 valence electrons. The first-order valence-electron chi connectivity index (χ1n) is 9.78. The second kappa shape index (κ2) is 7.82. The van der Waals surface area contributed by atoms with Crippen LogP contribution in [0.25, 0.3) is 0 Å². The van der Waals surface area contributed by atoms with Crippen molar-refractivity contribution in [3.8, 4) is 0 Å². The Morgan fingerprint density at radius 2 is 1.74 bits per heavy atom. The minimum Gasteiger partial charge on any atom is -0.335 e. The SMILES string of the molecule is O=C(Nc1ccc2c(c1)CCN2C(=O)c1ccccc1)NC1CCCCC1. The average molecular weight is 363 g/mol. The molecule has 1 aliphatic carbocycles. The Bertz CT molecular complexity index is 829. The van der Waals surface area contributed by atoms with Gasteiger partial charge in [-0.3, -0.25) is 4.79 Å². The summed E-state index contributed by atoms with van der Waals surface area (Å²) in [6, 6.07) is 15.3. The van der Waals surface area contributed by atoms with Crippen LogP contribution in [0, 0.1) is 0 Å². The third kappa shape index (κ3) is 3.97. The molecular weight excluding hydrogens is 338 g/mol. The summed E-state index contributed by atoms with van der Waals surface area (Å²) in [7, 11) is 0. The van der Waals surface area contributed by atoms with E-state index < -0.39 is 0 Å². The van der Waals surface area contributed by atoms with Crippen molar-refractivity contribution < 1.29 is 9.59 Å². The van der Waals surface area contributed by atoms with Gasteiger partial charge in [0.05, 0.1) is 0 Å². The topological polar surface area (TPSA) is 61.4 Å². The molecule has 1 saturated carbocycles. The van der Waals surface area contributed by atoms with E-state index in [1.54, 1.807) is 0 Å². The Balaban J connectivity index is 1.42. The maximum absolute atomic E-state index is 12.7. The number of amides is 3. The molecule has 5 heteroatoms. The molecule has 0 saturated heterocycles. The van der Waals surface area contributed by atoms with Gasteiger partial charge in [0.2, 0.25) is 0 Å². The molecule has 2 aromatic rings. The van der Waals surface area contributed by atoms with Crippen molar-refractivity contribution in [3.63, 3.8) is 0 Å². The van der Waals surface area contributed by atoms with Crippen molar-refractivity contribution in [1.29, 1.82) is 0 Å². The maximum Gasteiger partial charge on any atom is 0.319 e. The van der Waals surface area contributed by atoms with E-state index in [4.69, 9.17) is 0 Å². The molecule has 2 aromatic carbocycles. The number of carbonyl (C=O) groups excluding carboxylic acids is 2. The van der Waals surface area contributed by atoms with Gasteiger partial charge < -0.3 is 15.5 Å². The number of rotatable bonds is 3. The Kier molecular flexibility index (Phi) is 5.10. The molecule has 27 heavy (non-hydrogen) atoms. The van der Waals surface area contributed by atoms with E-state index >= 15 is 0 Å². The van der Waals surface area contributed by atoms with Gasteiger partial charge in [-0.2, -0.15) is 0 Å². The molecule has 0 bridgehead atoms. The Hall–Kier alpha value is -2.82. The van der Waals surface area contributed by atoms with Crippen LogP contribution in [-0.2, 0) is 6.42 Å². The predicted octanol–water partition coefficient (Wildman–Crippen LogP) is 4.34. The number of urea groups is 1. The summed E-state index contributed by atoms with van der Waals surface area (Å²) in [5, 5.41) is 6.01. The fourth-order valence-corrected chi connectivity index (χ4v) is 4.03. The van der Waals surface area contributed by atoms with E-state index in [1.165, 1.54) is 19.3 Å². The van der Waals surface area contributed by atoms with Crippen molar-refractivity contribution in [2.24, 2.45) is 0 Å². The van der Waals surface area contributed by atoms with E-state index in [-0.39, 0.29) is 18.0 Å². The molecule has 1 heterocycles. The Morgan fingerprint density at radius 1 is 0.963 bits per heavy atom. The molecule has 3 amide bonds. The summed E-state index contributed by atoms with van der Waals surface area (Å²) in [5.74, 6) is 0.0186. The lowest BCUT2D eigenvalue weighted by molar-refractivity contribution is 0.0989. The normalized spacial score (nSPS) is 16.7. The smallest absolute Gasteiger partial charge is 0.319 e. The molecule has 1 fully saturated rings. The summed E-state index contributed by atoms with van der Waals surface area (Å²) in [6.45, 7) is 0.667. The monoisotopic (exact) mass is 363 g/mol. The Morgan fingerprint density at radius 3 is 2.52 bits per heavy atom. The molecule has 0 spiro atoms. The van der Waals surface area contributed by atoms with Crippen molar-refractivity contribution in [1.82, 2.24) is 5.32 Å². The summed E-state index contributed by atoms with van der Waals surface area (Å²) in [5.41, 5.74) is 3.49. The lowest BCUT2D eigenvalue weighted by Gasteiger charge is -2.23. The molecule has 2 N–H and O–H groups in total. The van der Waals surface area contributed by atoms with E-state index in [0.29, 0.717) is 12.1 Å². The van der Waals surface area contributed by atoms with Crippen LogP contribution < -0.4 is 15.5 Å². The van der Waals surface area contributed by atoms with Crippen LogP contribution in [0.4, 0.5) is 16.2 Å². The van der Waals surface area contributed by atoms with Gasteiger partial charge in [-0.15, -0.1) is 0 Å². The van der Waals surface area contributed by atoms with Gasteiger partial charge in [-0.05, 0) is 55.2 Å². The van der Waals surface area contributed by atoms with Crippen molar-refractivity contribution in [2.45, 2.75) is 44.6 Å². The van der Waals surface area contributed by atoms with Crippen LogP contribution in [-0.4, -0.2) is 24.5 Å². The molecular formula is C22H25N3O2. The highest BCUT2D eigenvalue weighted by atomic mass is 16.2. The number of hydrogen-bond donors (Lipinski definition) is 2. The van der Waals surface area contributed by atoms with E-state index in [1.807, 2.05) is 53.4 Å². The van der Waals surface area contributed by atoms with Crippen LogP contribution >= 0.6 is 0 Å². The highest BCUT2D eigenvalue weighted by Crippen LogP contribution is 2.31. The fourth-order valence-electron chi connectivity index (χ4n) is 4.03. The van der Waals surface area contributed by atoms with Gasteiger partial charge in [0.1, 0.15) is 0 Å². The van der Waals surface area contributed by atoms with Gasteiger partial charge in [0.25, 0.3) is 5.91 Å². The van der Waals surface area contributed by atoms with Crippen LogP contribution in [0.2, 0.25) is 0 Å². The van der Waals surface area contributed by atoms with Crippen molar-refractivity contribution >= 4 is 23.3 Å². The number of hydrogen-bond acceptors (Lipinski definition) is 2. The third-order valence-corrected chi connectivity index (χ3v) is 5.44. The molecule has 5 nitrogen and oxygen atoms in total. The molecule has 4 rings (SSSR count). The zero-order valence-corrected chi connectivity index (χ0v) is 15.4. The number of carbonyl (C=O) groups is 2.